The molecule has 25 heavy (non-hydrogen) atoms. The number of aromatic nitrogens is 1. The molecule has 0 saturated heterocycles. The number of benzene rings is 1. The van der Waals surface area contributed by atoms with Crippen molar-refractivity contribution in [3.8, 4) is 0 Å². The van der Waals surface area contributed by atoms with E-state index in [4.69, 9.17) is 16.3 Å². The highest BCUT2D eigenvalue weighted by Gasteiger charge is 2.26. The Kier molecular flexibility index (Phi) is 6.03. The Balaban J connectivity index is 2.17. The molecule has 0 unspecified atom stereocenters. The van der Waals surface area contributed by atoms with Gasteiger partial charge in [-0.3, -0.25) is 4.79 Å². The Morgan fingerprint density at radius 3 is 2.32 bits per heavy atom. The Labute approximate surface area is 152 Å². The first-order chi connectivity index (χ1) is 11.8. The zero-order valence-electron chi connectivity index (χ0n) is 15.1. The molecule has 0 aliphatic rings. The van der Waals surface area contributed by atoms with Crippen molar-refractivity contribution in [2.45, 2.75) is 39.8 Å². The average Bonchev–Trinajstić information content (AvgIpc) is 2.88. The topological polar surface area (TPSA) is 71.2 Å². The highest BCUT2D eigenvalue weighted by molar-refractivity contribution is 6.30. The number of Topliss-reactive ketones (excluding diaryl/α,β-unsaturated/α-hetero) is 1. The third-order valence-corrected chi connectivity index (χ3v) is 4.59. The molecule has 1 aromatic carbocycles. The molecular formula is C19H23ClN2O3. The summed E-state index contributed by atoms with van der Waals surface area (Å²) in [4.78, 5) is 27.7. The molecule has 6 heteroatoms. The zero-order chi connectivity index (χ0) is 18.7. The summed E-state index contributed by atoms with van der Waals surface area (Å²) in [6, 6.07) is 7.05. The van der Waals surface area contributed by atoms with Gasteiger partial charge in [0.15, 0.2) is 5.78 Å². The van der Waals surface area contributed by atoms with Gasteiger partial charge in [0, 0.05) is 16.8 Å². The number of methoxy groups -OCH3 is 1. The van der Waals surface area contributed by atoms with E-state index in [1.807, 2.05) is 38.1 Å². The molecule has 2 atom stereocenters. The van der Waals surface area contributed by atoms with Gasteiger partial charge >= 0.3 is 5.97 Å². The summed E-state index contributed by atoms with van der Waals surface area (Å²) in [5.41, 5.74) is 3.14. The second-order valence-electron chi connectivity index (χ2n) is 6.14. The lowest BCUT2D eigenvalue weighted by Crippen LogP contribution is -2.36. The van der Waals surface area contributed by atoms with E-state index in [9.17, 15) is 9.59 Å². The van der Waals surface area contributed by atoms with Gasteiger partial charge in [-0.05, 0) is 51.0 Å². The average molecular weight is 363 g/mol. The number of nitrogens with one attached hydrogen (secondary N) is 2. The summed E-state index contributed by atoms with van der Waals surface area (Å²) < 4.78 is 4.79. The summed E-state index contributed by atoms with van der Waals surface area (Å²) in [5.74, 6) is -0.544. The van der Waals surface area contributed by atoms with Crippen molar-refractivity contribution in [3.05, 3.63) is 57.4 Å². The molecule has 1 aromatic heterocycles. The number of H-pyrrole nitrogens is 1. The van der Waals surface area contributed by atoms with Crippen molar-refractivity contribution < 1.29 is 14.3 Å². The molecule has 0 fully saturated rings. The van der Waals surface area contributed by atoms with Crippen molar-refractivity contribution >= 4 is 23.4 Å². The number of hydrogen-bond donors (Lipinski definition) is 2. The van der Waals surface area contributed by atoms with Gasteiger partial charge in [-0.15, -0.1) is 0 Å². The largest absolute Gasteiger partial charge is 0.465 e. The van der Waals surface area contributed by atoms with Crippen LogP contribution in [0.4, 0.5) is 0 Å². The minimum Gasteiger partial charge on any atom is -0.465 e. The summed E-state index contributed by atoms with van der Waals surface area (Å²) in [6.07, 6.45) is 0. The number of esters is 1. The minimum atomic E-state index is -0.444. The first-order valence-corrected chi connectivity index (χ1v) is 8.47. The maximum atomic E-state index is 12.8. The molecule has 0 aliphatic heterocycles. The van der Waals surface area contributed by atoms with Crippen LogP contribution in [-0.2, 0) is 4.74 Å². The van der Waals surface area contributed by atoms with Crippen LogP contribution in [0.3, 0.4) is 0 Å². The quantitative estimate of drug-likeness (QED) is 0.602. The Bertz CT molecular complexity index is 781. The van der Waals surface area contributed by atoms with Crippen molar-refractivity contribution in [2.75, 3.05) is 7.11 Å². The number of carbonyl (C=O) groups excluding carboxylic acids is 2. The van der Waals surface area contributed by atoms with E-state index in [0.717, 1.165) is 5.56 Å². The van der Waals surface area contributed by atoms with E-state index in [1.54, 1.807) is 13.8 Å². The molecule has 5 nitrogen and oxygen atoms in total. The standard InChI is InChI=1S/C19H23ClN2O3/c1-10-16(19(24)25-5)12(3)22-17(10)18(23)13(4)21-11(2)14-6-8-15(20)9-7-14/h6-9,11,13,21-22H,1-5H3/t11-,13-/m0/s1. The SMILES string of the molecule is COC(=O)c1c(C)[nH]c(C(=O)[C@H](C)N[C@@H](C)c2ccc(Cl)cc2)c1C. The lowest BCUT2D eigenvalue weighted by Gasteiger charge is -2.19. The second-order valence-corrected chi connectivity index (χ2v) is 6.58. The number of halogens is 1. The Hall–Kier alpha value is -2.11. The van der Waals surface area contributed by atoms with Gasteiger partial charge in [-0.1, -0.05) is 23.7 Å². The highest BCUT2D eigenvalue weighted by Crippen LogP contribution is 2.21. The minimum absolute atomic E-state index is 0.0207. The van der Waals surface area contributed by atoms with Crippen LogP contribution in [0.2, 0.25) is 5.02 Å². The van der Waals surface area contributed by atoms with Crippen molar-refractivity contribution in [1.29, 1.82) is 0 Å². The second kappa shape index (κ2) is 7.85. The van der Waals surface area contributed by atoms with Crippen molar-refractivity contribution in [2.24, 2.45) is 0 Å². The van der Waals surface area contributed by atoms with Crippen LogP contribution < -0.4 is 5.32 Å². The molecule has 0 radical (unpaired) electrons. The first-order valence-electron chi connectivity index (χ1n) is 8.09. The van der Waals surface area contributed by atoms with Gasteiger partial charge in [0.2, 0.25) is 0 Å². The number of aromatic amines is 1. The molecule has 0 aliphatic carbocycles. The monoisotopic (exact) mass is 362 g/mol. The van der Waals surface area contributed by atoms with Crippen molar-refractivity contribution in [3.63, 3.8) is 0 Å². The van der Waals surface area contributed by atoms with Crippen LogP contribution in [0, 0.1) is 13.8 Å². The van der Waals surface area contributed by atoms with Gasteiger partial charge in [0.25, 0.3) is 0 Å². The number of hydrogen-bond acceptors (Lipinski definition) is 4. The predicted octanol–water partition coefficient (Wildman–Crippen LogP) is 3.99. The number of ketones is 1. The van der Waals surface area contributed by atoms with Gasteiger partial charge < -0.3 is 15.0 Å². The Morgan fingerprint density at radius 2 is 1.76 bits per heavy atom. The van der Waals surface area contributed by atoms with Gasteiger partial charge in [0.1, 0.15) is 0 Å². The van der Waals surface area contributed by atoms with E-state index >= 15 is 0 Å². The number of carbonyl (C=O) groups is 2. The molecule has 0 spiro atoms. The van der Waals surface area contributed by atoms with Crippen LogP contribution >= 0.6 is 11.6 Å². The van der Waals surface area contributed by atoms with Crippen LogP contribution in [0.1, 0.15) is 57.6 Å². The molecule has 2 rings (SSSR count). The number of ether oxygens (including phenoxy) is 1. The molecule has 1 heterocycles. The number of rotatable bonds is 6. The Morgan fingerprint density at radius 1 is 1.16 bits per heavy atom. The van der Waals surface area contributed by atoms with Crippen LogP contribution in [0.15, 0.2) is 24.3 Å². The zero-order valence-corrected chi connectivity index (χ0v) is 15.8. The highest BCUT2D eigenvalue weighted by atomic mass is 35.5. The van der Waals surface area contributed by atoms with E-state index < -0.39 is 12.0 Å². The molecule has 134 valence electrons. The van der Waals surface area contributed by atoms with E-state index in [-0.39, 0.29) is 11.8 Å². The molecule has 0 saturated carbocycles. The van der Waals surface area contributed by atoms with Crippen LogP contribution in [-0.4, -0.2) is 29.9 Å². The summed E-state index contributed by atoms with van der Waals surface area (Å²) in [6.45, 7) is 7.30. The number of aryl methyl sites for hydroxylation is 1. The molecule has 2 N–H and O–H groups in total. The van der Waals surface area contributed by atoms with E-state index in [0.29, 0.717) is 27.5 Å². The maximum absolute atomic E-state index is 12.8. The fourth-order valence-electron chi connectivity index (χ4n) is 2.92. The molecule has 2 aromatic rings. The summed E-state index contributed by atoms with van der Waals surface area (Å²) in [5, 5.41) is 3.96. The third kappa shape index (κ3) is 4.11. The molecular weight excluding hydrogens is 340 g/mol. The summed E-state index contributed by atoms with van der Waals surface area (Å²) in [7, 11) is 1.33. The molecule has 0 amide bonds. The predicted molar refractivity (Wildman–Crippen MR) is 98.4 cm³/mol. The maximum Gasteiger partial charge on any atom is 0.339 e. The third-order valence-electron chi connectivity index (χ3n) is 4.34. The fourth-order valence-corrected chi connectivity index (χ4v) is 3.05. The van der Waals surface area contributed by atoms with E-state index in [2.05, 4.69) is 10.3 Å². The summed E-state index contributed by atoms with van der Waals surface area (Å²) >= 11 is 5.91. The van der Waals surface area contributed by atoms with Crippen LogP contribution in [0.5, 0.6) is 0 Å². The van der Waals surface area contributed by atoms with E-state index in [1.165, 1.54) is 7.11 Å². The van der Waals surface area contributed by atoms with Gasteiger partial charge in [-0.2, -0.15) is 0 Å². The lowest BCUT2D eigenvalue weighted by atomic mass is 10.0. The van der Waals surface area contributed by atoms with Gasteiger partial charge in [0.05, 0.1) is 24.4 Å². The van der Waals surface area contributed by atoms with Crippen LogP contribution in [0.25, 0.3) is 0 Å². The fraction of sp³-hybridized carbons (Fsp3) is 0.368. The normalized spacial score (nSPS) is 13.4. The van der Waals surface area contributed by atoms with Gasteiger partial charge in [-0.25, -0.2) is 4.79 Å². The first kappa shape index (κ1) is 19.2. The molecule has 0 bridgehead atoms. The van der Waals surface area contributed by atoms with Crippen molar-refractivity contribution in [1.82, 2.24) is 10.3 Å². The lowest BCUT2D eigenvalue weighted by molar-refractivity contribution is 0.0599. The smallest absolute Gasteiger partial charge is 0.339 e.